The van der Waals surface area contributed by atoms with Crippen LogP contribution in [0.5, 0.6) is 0 Å². The van der Waals surface area contributed by atoms with E-state index in [1.807, 2.05) is 35.2 Å². The smallest absolute Gasteiger partial charge is 0.226 e. The quantitative estimate of drug-likeness (QED) is 0.815. The molecule has 2 rings (SSSR count). The SMILES string of the molecule is COCC1CCN(C(=O)Cc2ccccc2)CC1. The molecule has 1 aliphatic heterocycles. The third kappa shape index (κ3) is 3.57. The number of amides is 1. The number of piperidine rings is 1. The third-order valence-electron chi connectivity index (χ3n) is 3.57. The number of nitrogens with zero attached hydrogens (tertiary/aromatic N) is 1. The van der Waals surface area contributed by atoms with E-state index in [1.165, 1.54) is 0 Å². The fourth-order valence-corrected chi connectivity index (χ4v) is 2.47. The molecule has 98 valence electrons. The Morgan fingerprint density at radius 2 is 1.94 bits per heavy atom. The van der Waals surface area contributed by atoms with Crippen molar-refractivity contribution in [3.05, 3.63) is 35.9 Å². The lowest BCUT2D eigenvalue weighted by molar-refractivity contribution is -0.132. The van der Waals surface area contributed by atoms with Crippen molar-refractivity contribution in [2.75, 3.05) is 26.8 Å². The Morgan fingerprint density at radius 1 is 1.28 bits per heavy atom. The number of carbonyl (C=O) groups is 1. The van der Waals surface area contributed by atoms with Gasteiger partial charge in [-0.1, -0.05) is 30.3 Å². The Labute approximate surface area is 109 Å². The molecule has 1 fully saturated rings. The lowest BCUT2D eigenvalue weighted by atomic mass is 9.97. The number of methoxy groups -OCH3 is 1. The highest BCUT2D eigenvalue weighted by Crippen LogP contribution is 2.18. The summed E-state index contributed by atoms with van der Waals surface area (Å²) in [6, 6.07) is 9.95. The molecule has 3 nitrogen and oxygen atoms in total. The maximum absolute atomic E-state index is 12.1. The van der Waals surface area contributed by atoms with Crippen LogP contribution in [0.4, 0.5) is 0 Å². The first kappa shape index (κ1) is 13.1. The van der Waals surface area contributed by atoms with Gasteiger partial charge in [0, 0.05) is 26.8 Å². The summed E-state index contributed by atoms with van der Waals surface area (Å²) in [7, 11) is 1.74. The van der Waals surface area contributed by atoms with E-state index < -0.39 is 0 Å². The molecule has 0 bridgehead atoms. The van der Waals surface area contributed by atoms with Gasteiger partial charge in [0.1, 0.15) is 0 Å². The van der Waals surface area contributed by atoms with Crippen LogP contribution in [0.15, 0.2) is 30.3 Å². The number of rotatable bonds is 4. The van der Waals surface area contributed by atoms with E-state index >= 15 is 0 Å². The summed E-state index contributed by atoms with van der Waals surface area (Å²) in [5.41, 5.74) is 1.10. The lowest BCUT2D eigenvalue weighted by Crippen LogP contribution is -2.40. The van der Waals surface area contributed by atoms with Crippen molar-refractivity contribution in [3.63, 3.8) is 0 Å². The number of hydrogen-bond donors (Lipinski definition) is 0. The Balaban J connectivity index is 1.81. The first-order valence-electron chi connectivity index (χ1n) is 6.60. The van der Waals surface area contributed by atoms with Crippen LogP contribution in [-0.2, 0) is 16.0 Å². The standard InChI is InChI=1S/C15H21NO2/c1-18-12-14-7-9-16(10-8-14)15(17)11-13-5-3-2-4-6-13/h2-6,14H,7-12H2,1H3. The topological polar surface area (TPSA) is 29.5 Å². The minimum atomic E-state index is 0.247. The van der Waals surface area contributed by atoms with Crippen molar-refractivity contribution in [1.82, 2.24) is 4.90 Å². The normalized spacial score (nSPS) is 16.8. The Kier molecular flexibility index (Phi) is 4.76. The van der Waals surface area contributed by atoms with E-state index in [4.69, 9.17) is 4.74 Å². The van der Waals surface area contributed by atoms with Crippen molar-refractivity contribution in [2.24, 2.45) is 5.92 Å². The summed E-state index contributed by atoms with van der Waals surface area (Å²) in [5, 5.41) is 0. The molecule has 1 aromatic rings. The van der Waals surface area contributed by atoms with Gasteiger partial charge in [-0.25, -0.2) is 0 Å². The minimum absolute atomic E-state index is 0.247. The van der Waals surface area contributed by atoms with E-state index in [-0.39, 0.29) is 5.91 Å². The summed E-state index contributed by atoms with van der Waals surface area (Å²) in [4.78, 5) is 14.1. The van der Waals surface area contributed by atoms with Crippen LogP contribution in [0, 0.1) is 5.92 Å². The molecule has 0 saturated carbocycles. The second-order valence-corrected chi connectivity index (χ2v) is 4.94. The largest absolute Gasteiger partial charge is 0.384 e. The molecule has 0 aromatic heterocycles. The van der Waals surface area contributed by atoms with Gasteiger partial charge >= 0.3 is 0 Å². The molecule has 0 N–H and O–H groups in total. The van der Waals surface area contributed by atoms with Crippen LogP contribution >= 0.6 is 0 Å². The number of hydrogen-bond acceptors (Lipinski definition) is 2. The van der Waals surface area contributed by atoms with E-state index in [0.29, 0.717) is 12.3 Å². The lowest BCUT2D eigenvalue weighted by Gasteiger charge is -2.31. The van der Waals surface area contributed by atoms with Gasteiger partial charge in [-0.3, -0.25) is 4.79 Å². The molecule has 0 unspecified atom stereocenters. The van der Waals surface area contributed by atoms with Crippen molar-refractivity contribution in [3.8, 4) is 0 Å². The predicted octanol–water partition coefficient (Wildman–Crippen LogP) is 2.11. The summed E-state index contributed by atoms with van der Waals surface area (Å²) in [6.45, 7) is 2.57. The molecule has 0 radical (unpaired) electrons. The van der Waals surface area contributed by atoms with Crippen LogP contribution in [-0.4, -0.2) is 37.6 Å². The van der Waals surface area contributed by atoms with Crippen LogP contribution in [0.1, 0.15) is 18.4 Å². The van der Waals surface area contributed by atoms with Crippen LogP contribution < -0.4 is 0 Å². The van der Waals surface area contributed by atoms with Crippen molar-refractivity contribution < 1.29 is 9.53 Å². The predicted molar refractivity (Wildman–Crippen MR) is 71.3 cm³/mol. The molecule has 1 aliphatic rings. The second kappa shape index (κ2) is 6.55. The molecule has 0 spiro atoms. The summed E-state index contributed by atoms with van der Waals surface area (Å²) in [5.74, 6) is 0.868. The molecule has 18 heavy (non-hydrogen) atoms. The number of carbonyl (C=O) groups excluding carboxylic acids is 1. The molecule has 0 aliphatic carbocycles. The summed E-state index contributed by atoms with van der Waals surface area (Å²) < 4.78 is 5.17. The van der Waals surface area contributed by atoms with Crippen molar-refractivity contribution >= 4 is 5.91 Å². The number of likely N-dealkylation sites (tertiary alicyclic amines) is 1. The van der Waals surface area contributed by atoms with Gasteiger partial charge in [-0.2, -0.15) is 0 Å². The van der Waals surface area contributed by atoms with Gasteiger partial charge in [0.2, 0.25) is 5.91 Å². The van der Waals surface area contributed by atoms with E-state index in [1.54, 1.807) is 7.11 Å². The Hall–Kier alpha value is -1.35. The first-order valence-corrected chi connectivity index (χ1v) is 6.60. The molecule has 1 saturated heterocycles. The maximum Gasteiger partial charge on any atom is 0.226 e. The zero-order valence-electron chi connectivity index (χ0n) is 11.0. The fraction of sp³-hybridized carbons (Fsp3) is 0.533. The first-order chi connectivity index (χ1) is 8.79. The molecule has 1 heterocycles. The molecule has 3 heteroatoms. The second-order valence-electron chi connectivity index (χ2n) is 4.94. The zero-order chi connectivity index (χ0) is 12.8. The fourth-order valence-electron chi connectivity index (χ4n) is 2.47. The number of ether oxygens (including phenoxy) is 1. The third-order valence-corrected chi connectivity index (χ3v) is 3.57. The average Bonchev–Trinajstić information content (AvgIpc) is 2.41. The maximum atomic E-state index is 12.1. The van der Waals surface area contributed by atoms with Gasteiger partial charge in [-0.05, 0) is 24.3 Å². The van der Waals surface area contributed by atoms with Crippen molar-refractivity contribution in [2.45, 2.75) is 19.3 Å². The highest BCUT2D eigenvalue weighted by molar-refractivity contribution is 5.78. The van der Waals surface area contributed by atoms with Gasteiger partial charge in [0.15, 0.2) is 0 Å². The highest BCUT2D eigenvalue weighted by Gasteiger charge is 2.22. The van der Waals surface area contributed by atoms with Gasteiger partial charge in [0.05, 0.1) is 6.42 Å². The molecule has 1 aromatic carbocycles. The van der Waals surface area contributed by atoms with Crippen LogP contribution in [0.2, 0.25) is 0 Å². The van der Waals surface area contributed by atoms with E-state index in [2.05, 4.69) is 0 Å². The van der Waals surface area contributed by atoms with Gasteiger partial charge < -0.3 is 9.64 Å². The van der Waals surface area contributed by atoms with Crippen molar-refractivity contribution in [1.29, 1.82) is 0 Å². The molecular formula is C15H21NO2. The Bertz CT molecular complexity index is 369. The molecular weight excluding hydrogens is 226 g/mol. The minimum Gasteiger partial charge on any atom is -0.384 e. The Morgan fingerprint density at radius 3 is 2.56 bits per heavy atom. The van der Waals surface area contributed by atoms with Crippen LogP contribution in [0.25, 0.3) is 0 Å². The zero-order valence-corrected chi connectivity index (χ0v) is 11.0. The summed E-state index contributed by atoms with van der Waals surface area (Å²) in [6.07, 6.45) is 2.65. The van der Waals surface area contributed by atoms with Crippen LogP contribution in [0.3, 0.4) is 0 Å². The van der Waals surface area contributed by atoms with Gasteiger partial charge in [0.25, 0.3) is 0 Å². The number of benzene rings is 1. The summed E-state index contributed by atoms with van der Waals surface area (Å²) >= 11 is 0. The van der Waals surface area contributed by atoms with E-state index in [0.717, 1.165) is 38.1 Å². The monoisotopic (exact) mass is 247 g/mol. The highest BCUT2D eigenvalue weighted by atomic mass is 16.5. The molecule has 0 atom stereocenters. The van der Waals surface area contributed by atoms with E-state index in [9.17, 15) is 4.79 Å². The average molecular weight is 247 g/mol. The van der Waals surface area contributed by atoms with Gasteiger partial charge in [-0.15, -0.1) is 0 Å². The molecule has 1 amide bonds.